The van der Waals surface area contributed by atoms with Gasteiger partial charge in [-0.05, 0) is 37.5 Å². The van der Waals surface area contributed by atoms with E-state index in [1.165, 1.54) is 18.2 Å². The molecule has 0 radical (unpaired) electrons. The number of halogens is 2. The first kappa shape index (κ1) is 16.5. The number of carboxylic acids is 1. The highest BCUT2D eigenvalue weighted by Crippen LogP contribution is 2.38. The van der Waals surface area contributed by atoms with E-state index in [-0.39, 0.29) is 27.9 Å². The Kier molecular flexibility index (Phi) is 4.54. The third-order valence-electron chi connectivity index (χ3n) is 3.84. The Morgan fingerprint density at radius 1 is 1.33 bits per heavy atom. The van der Waals surface area contributed by atoms with Gasteiger partial charge in [-0.1, -0.05) is 30.1 Å². The van der Waals surface area contributed by atoms with Crippen molar-refractivity contribution in [3.63, 3.8) is 0 Å². The molecule has 1 heterocycles. The normalized spacial score (nSPS) is 23.4. The summed E-state index contributed by atoms with van der Waals surface area (Å²) in [5, 5.41) is 9.88. The van der Waals surface area contributed by atoms with Gasteiger partial charge in [-0.25, -0.2) is 8.42 Å². The van der Waals surface area contributed by atoms with Crippen LogP contribution in [0.25, 0.3) is 0 Å². The van der Waals surface area contributed by atoms with Crippen molar-refractivity contribution in [2.45, 2.75) is 36.6 Å². The van der Waals surface area contributed by atoms with Crippen LogP contribution in [-0.2, 0) is 14.8 Å². The first-order valence-electron chi connectivity index (χ1n) is 6.46. The monoisotopic (exact) mass is 351 g/mol. The van der Waals surface area contributed by atoms with Crippen LogP contribution in [0.2, 0.25) is 10.0 Å². The van der Waals surface area contributed by atoms with Crippen molar-refractivity contribution in [3.8, 4) is 0 Å². The molecule has 1 aromatic carbocycles. The highest BCUT2D eigenvalue weighted by atomic mass is 35.5. The number of sulfonamides is 1. The van der Waals surface area contributed by atoms with Gasteiger partial charge in [0.2, 0.25) is 10.0 Å². The average Bonchev–Trinajstić information content (AvgIpc) is 2.83. The smallest absolute Gasteiger partial charge is 0.325 e. The first-order valence-corrected chi connectivity index (χ1v) is 8.66. The largest absolute Gasteiger partial charge is 0.480 e. The van der Waals surface area contributed by atoms with Gasteiger partial charge in [0.1, 0.15) is 5.54 Å². The Balaban J connectivity index is 2.55. The highest BCUT2D eigenvalue weighted by molar-refractivity contribution is 7.89. The Hall–Kier alpha value is -0.820. The summed E-state index contributed by atoms with van der Waals surface area (Å²) in [5.41, 5.74) is -1.40. The van der Waals surface area contributed by atoms with Crippen LogP contribution in [0.1, 0.15) is 26.2 Å². The van der Waals surface area contributed by atoms with Crippen LogP contribution in [0.15, 0.2) is 23.1 Å². The van der Waals surface area contributed by atoms with E-state index in [2.05, 4.69) is 0 Å². The van der Waals surface area contributed by atoms with Gasteiger partial charge in [0.25, 0.3) is 0 Å². The second kappa shape index (κ2) is 5.76. The summed E-state index contributed by atoms with van der Waals surface area (Å²) >= 11 is 11.7. The van der Waals surface area contributed by atoms with Gasteiger partial charge in [-0.15, -0.1) is 0 Å². The summed E-state index contributed by atoms with van der Waals surface area (Å²) in [5.74, 6) is -1.13. The summed E-state index contributed by atoms with van der Waals surface area (Å²) in [6, 6.07) is 3.99. The zero-order valence-electron chi connectivity index (χ0n) is 11.3. The van der Waals surface area contributed by atoms with Crippen LogP contribution in [-0.4, -0.2) is 35.9 Å². The minimum absolute atomic E-state index is 0.0824. The number of rotatable bonds is 4. The molecular formula is C13H15Cl2NO4S. The lowest BCUT2D eigenvalue weighted by atomic mass is 9.95. The molecule has 8 heteroatoms. The number of nitrogens with zero attached hydrogens (tertiary/aromatic N) is 1. The Morgan fingerprint density at radius 3 is 2.38 bits per heavy atom. The molecule has 2 rings (SSSR count). The predicted octanol–water partition coefficient (Wildman–Crippen LogP) is 3.01. The van der Waals surface area contributed by atoms with Gasteiger partial charge in [-0.3, -0.25) is 4.79 Å². The van der Waals surface area contributed by atoms with Gasteiger partial charge in [0.15, 0.2) is 0 Å². The third-order valence-corrected chi connectivity index (χ3v) is 6.22. The number of carboxylic acid groups (broad SMARTS) is 1. The summed E-state index contributed by atoms with van der Waals surface area (Å²) < 4.78 is 26.6. The molecule has 1 aliphatic rings. The van der Waals surface area contributed by atoms with E-state index in [0.29, 0.717) is 12.8 Å². The van der Waals surface area contributed by atoms with Crippen LogP contribution in [0, 0.1) is 0 Å². The molecule has 1 saturated heterocycles. The molecule has 5 nitrogen and oxygen atoms in total. The van der Waals surface area contributed by atoms with Crippen molar-refractivity contribution in [3.05, 3.63) is 28.2 Å². The van der Waals surface area contributed by atoms with Crippen LogP contribution in [0.5, 0.6) is 0 Å². The summed E-state index contributed by atoms with van der Waals surface area (Å²) in [7, 11) is -3.96. The van der Waals surface area contributed by atoms with E-state index >= 15 is 0 Å². The molecule has 0 saturated carbocycles. The second-order valence-electron chi connectivity index (χ2n) is 4.98. The fourth-order valence-corrected chi connectivity index (χ4v) is 5.32. The SMILES string of the molecule is CCC1(C(=O)O)CCCN1S(=O)(=O)c1cc(Cl)cc(Cl)c1. The second-order valence-corrected chi connectivity index (χ2v) is 7.71. The quantitative estimate of drug-likeness (QED) is 0.904. The van der Waals surface area contributed by atoms with Crippen LogP contribution in [0.3, 0.4) is 0 Å². The van der Waals surface area contributed by atoms with Crippen molar-refractivity contribution in [2.75, 3.05) is 6.54 Å². The zero-order chi connectivity index (χ0) is 15.8. The average molecular weight is 352 g/mol. The lowest BCUT2D eigenvalue weighted by Gasteiger charge is -2.32. The molecule has 21 heavy (non-hydrogen) atoms. The van der Waals surface area contributed by atoms with E-state index in [0.717, 1.165) is 4.31 Å². The fraction of sp³-hybridized carbons (Fsp3) is 0.462. The van der Waals surface area contributed by atoms with Crippen molar-refractivity contribution in [2.24, 2.45) is 0 Å². The van der Waals surface area contributed by atoms with Gasteiger partial charge in [0, 0.05) is 16.6 Å². The number of carbonyl (C=O) groups is 1. The molecule has 1 N–H and O–H groups in total. The number of aliphatic carboxylic acids is 1. The van der Waals surface area contributed by atoms with E-state index < -0.39 is 21.5 Å². The summed E-state index contributed by atoms with van der Waals surface area (Å²) in [4.78, 5) is 11.5. The zero-order valence-corrected chi connectivity index (χ0v) is 13.7. The Bertz CT molecular complexity index is 656. The van der Waals surface area contributed by atoms with Gasteiger partial charge >= 0.3 is 5.97 Å². The molecule has 116 valence electrons. The molecule has 1 atom stereocenters. The van der Waals surface area contributed by atoms with E-state index in [9.17, 15) is 18.3 Å². The van der Waals surface area contributed by atoms with Crippen LogP contribution >= 0.6 is 23.2 Å². The maximum atomic E-state index is 12.8. The molecule has 1 fully saturated rings. The molecule has 0 spiro atoms. The minimum atomic E-state index is -3.96. The molecule has 0 bridgehead atoms. The van der Waals surface area contributed by atoms with Crippen LogP contribution in [0.4, 0.5) is 0 Å². The Labute approximate surface area is 133 Å². The third kappa shape index (κ3) is 2.77. The molecular weight excluding hydrogens is 337 g/mol. The van der Waals surface area contributed by atoms with E-state index in [1.807, 2.05) is 0 Å². The summed E-state index contributed by atoms with van der Waals surface area (Å²) in [6.45, 7) is 1.85. The lowest BCUT2D eigenvalue weighted by Crippen LogP contribution is -2.52. The molecule has 0 amide bonds. The topological polar surface area (TPSA) is 74.7 Å². The van der Waals surface area contributed by atoms with Crippen molar-refractivity contribution in [1.29, 1.82) is 0 Å². The number of benzene rings is 1. The van der Waals surface area contributed by atoms with Gasteiger partial charge in [-0.2, -0.15) is 4.31 Å². The highest BCUT2D eigenvalue weighted by Gasteiger charge is 2.52. The van der Waals surface area contributed by atoms with E-state index in [1.54, 1.807) is 6.92 Å². The summed E-state index contributed by atoms with van der Waals surface area (Å²) in [6.07, 6.45) is 1.01. The molecule has 1 aliphatic heterocycles. The molecule has 0 aliphatic carbocycles. The Morgan fingerprint density at radius 2 is 1.90 bits per heavy atom. The lowest BCUT2D eigenvalue weighted by molar-refractivity contribution is -0.147. The fourth-order valence-electron chi connectivity index (χ4n) is 2.73. The molecule has 0 aromatic heterocycles. The van der Waals surface area contributed by atoms with E-state index in [4.69, 9.17) is 23.2 Å². The number of hydrogen-bond acceptors (Lipinski definition) is 3. The van der Waals surface area contributed by atoms with Crippen molar-refractivity contribution in [1.82, 2.24) is 4.31 Å². The van der Waals surface area contributed by atoms with Crippen molar-refractivity contribution < 1.29 is 18.3 Å². The maximum absolute atomic E-state index is 12.8. The molecule has 1 aromatic rings. The van der Waals surface area contributed by atoms with Crippen LogP contribution < -0.4 is 0 Å². The number of hydrogen-bond donors (Lipinski definition) is 1. The van der Waals surface area contributed by atoms with Gasteiger partial charge in [0.05, 0.1) is 4.90 Å². The first-order chi connectivity index (χ1) is 9.74. The minimum Gasteiger partial charge on any atom is -0.480 e. The predicted molar refractivity (Wildman–Crippen MR) is 80.2 cm³/mol. The standard InChI is InChI=1S/C13H15Cl2NO4S/c1-2-13(12(17)18)4-3-5-16(13)21(19,20)11-7-9(14)6-10(15)8-11/h6-8H,2-5H2,1H3,(H,17,18). The van der Waals surface area contributed by atoms with Gasteiger partial charge < -0.3 is 5.11 Å². The molecule has 1 unspecified atom stereocenters. The maximum Gasteiger partial charge on any atom is 0.325 e. The van der Waals surface area contributed by atoms with Crippen molar-refractivity contribution >= 4 is 39.2 Å².